The number of thiazole rings is 2. The number of hydrogen-bond acceptors (Lipinski definition) is 18. The fourth-order valence-corrected chi connectivity index (χ4v) is 13.2. The number of amidine groups is 2. The number of halogens is 8. The molecule has 6 aliphatic rings. The summed E-state index contributed by atoms with van der Waals surface area (Å²) < 4.78 is 98.3. The molecule has 78 heavy (non-hydrogen) atoms. The number of carbonyl (C=O) groups is 4. The molecule has 10 rings (SSSR count). The minimum absolute atomic E-state index is 0.000372. The van der Waals surface area contributed by atoms with E-state index in [0.29, 0.717) is 21.1 Å². The van der Waals surface area contributed by atoms with Gasteiger partial charge >= 0.3 is 23.9 Å². The van der Waals surface area contributed by atoms with Crippen molar-refractivity contribution in [2.24, 2.45) is 9.98 Å². The molecular weight excluding hydrogens is 1120 g/mol. The molecule has 18 nitrogen and oxygen atoms in total. The number of alkyl halides is 4. The van der Waals surface area contributed by atoms with E-state index in [1.807, 2.05) is 0 Å². The molecule has 8 heterocycles. The molecular formula is C50H48Cl2F6N8O10S2. The quantitative estimate of drug-likeness (QED) is 0.0546. The molecule has 8 atom stereocenters. The summed E-state index contributed by atoms with van der Waals surface area (Å²) in [6.07, 6.45) is -0.582. The van der Waals surface area contributed by atoms with Crippen molar-refractivity contribution in [3.63, 3.8) is 0 Å². The first-order valence-electron chi connectivity index (χ1n) is 24.0. The summed E-state index contributed by atoms with van der Waals surface area (Å²) in [6, 6.07) is 0.521. The molecule has 4 aromatic rings. The molecule has 6 N–H and O–H groups in total. The van der Waals surface area contributed by atoms with Gasteiger partial charge in [0.1, 0.15) is 23.7 Å². The van der Waals surface area contributed by atoms with Crippen LogP contribution >= 0.6 is 45.9 Å². The van der Waals surface area contributed by atoms with Crippen molar-refractivity contribution >= 4 is 81.4 Å². The first-order chi connectivity index (χ1) is 36.8. The van der Waals surface area contributed by atoms with Crippen LogP contribution in [0.4, 0.5) is 26.3 Å². The average molecular weight is 1170 g/mol. The van der Waals surface area contributed by atoms with Gasteiger partial charge in [0.2, 0.25) is 0 Å². The zero-order valence-corrected chi connectivity index (χ0v) is 44.2. The number of esters is 2. The summed E-state index contributed by atoms with van der Waals surface area (Å²) in [5, 5.41) is 50.6. The van der Waals surface area contributed by atoms with Gasteiger partial charge in [0.15, 0.2) is 21.7 Å². The Hall–Kier alpha value is -6.00. The zero-order chi connectivity index (χ0) is 56.2. The maximum absolute atomic E-state index is 15.1. The standard InChI is InChI=1S/2C25H24ClF3N4O5S/c2*1-38-23(36)19-16(11-33-13-7-24(37,10-18(34)35)9-17(33)25(28,29)8-13)31-21(22-30-4-5-39-22)32-20(19)14-3-2-12(27)6-15(14)26/h2*2-6,13,17,20,37H,7-11H2,1H3,(H,31,32)(H,34,35)/t13?,17?,20-,24+;13?,17?,20-,24-/m00/s1. The van der Waals surface area contributed by atoms with Gasteiger partial charge in [0, 0.05) is 93.7 Å². The number of carboxylic acids is 2. The van der Waals surface area contributed by atoms with E-state index < -0.39 is 133 Å². The normalized spacial score (nSPS) is 28.2. The van der Waals surface area contributed by atoms with Gasteiger partial charge in [0.25, 0.3) is 11.8 Å². The van der Waals surface area contributed by atoms with E-state index in [0.717, 1.165) is 12.1 Å². The molecule has 4 saturated heterocycles. The molecule has 0 radical (unpaired) electrons. The van der Waals surface area contributed by atoms with Gasteiger partial charge in [0.05, 0.1) is 61.5 Å². The van der Waals surface area contributed by atoms with Crippen LogP contribution in [-0.2, 0) is 28.7 Å². The third-order valence-electron chi connectivity index (χ3n) is 14.6. The van der Waals surface area contributed by atoms with Crippen molar-refractivity contribution in [2.75, 3.05) is 27.3 Å². The lowest BCUT2D eigenvalue weighted by Gasteiger charge is -2.44. The third-order valence-corrected chi connectivity index (χ3v) is 16.8. The number of nitrogens with zero attached hydrogens (tertiary/aromatic N) is 6. The lowest BCUT2D eigenvalue weighted by molar-refractivity contribution is -0.149. The highest BCUT2D eigenvalue weighted by atomic mass is 35.5. The number of nitrogens with one attached hydrogen (secondary N) is 2. The fourth-order valence-electron chi connectivity index (χ4n) is 11.4. The van der Waals surface area contributed by atoms with Crippen LogP contribution in [0.1, 0.15) is 84.6 Å². The van der Waals surface area contributed by atoms with Crippen LogP contribution in [0.5, 0.6) is 0 Å². The van der Waals surface area contributed by atoms with Gasteiger partial charge in [-0.25, -0.2) is 45.9 Å². The topological polar surface area (TPSA) is 249 Å². The Bertz CT molecular complexity index is 2950. The molecule has 0 saturated carbocycles. The van der Waals surface area contributed by atoms with Crippen LogP contribution in [-0.4, -0.2) is 150 Å². The van der Waals surface area contributed by atoms with Crippen LogP contribution in [0.2, 0.25) is 10.0 Å². The summed E-state index contributed by atoms with van der Waals surface area (Å²) in [4.78, 5) is 69.6. The van der Waals surface area contributed by atoms with E-state index >= 15 is 17.6 Å². The number of piperidine rings is 2. The number of fused-ring (bicyclic) bond motifs is 4. The first kappa shape index (κ1) is 56.7. The van der Waals surface area contributed by atoms with Crippen LogP contribution in [0.25, 0.3) is 0 Å². The SMILES string of the molecule is COC(=O)C1=C(CN2C3CC(F)(F)C2C[C@@](O)(CC(=O)O)C3)NC(c2nccs2)=N[C@H]1c1ccc(F)cc1Cl.COC(=O)C1=C(CN2C3CC(F)(F)C2C[C@](O)(CC(=O)O)C3)NC(c2nccs2)=N[C@H]1c1ccc(F)cc1Cl. The van der Waals surface area contributed by atoms with E-state index in [2.05, 4.69) is 30.6 Å². The number of hydrogen-bond donors (Lipinski definition) is 6. The van der Waals surface area contributed by atoms with Crippen molar-refractivity contribution < 1.29 is 75.4 Å². The maximum Gasteiger partial charge on any atom is 0.338 e. The monoisotopic (exact) mass is 1170 g/mol. The van der Waals surface area contributed by atoms with E-state index in [9.17, 15) is 48.4 Å². The lowest BCUT2D eigenvalue weighted by Crippen LogP contribution is -2.55. The highest BCUT2D eigenvalue weighted by Crippen LogP contribution is 2.52. The summed E-state index contributed by atoms with van der Waals surface area (Å²) in [7, 11) is 2.34. The van der Waals surface area contributed by atoms with Gasteiger partial charge in [-0.3, -0.25) is 29.4 Å². The highest BCUT2D eigenvalue weighted by molar-refractivity contribution is 7.12. The van der Waals surface area contributed by atoms with Crippen molar-refractivity contribution in [1.82, 2.24) is 30.4 Å². The predicted molar refractivity (Wildman–Crippen MR) is 271 cm³/mol. The lowest BCUT2D eigenvalue weighted by atomic mass is 9.83. The minimum Gasteiger partial charge on any atom is -0.481 e. The van der Waals surface area contributed by atoms with E-state index in [-0.39, 0.29) is 70.2 Å². The van der Waals surface area contributed by atoms with Gasteiger partial charge in [-0.1, -0.05) is 35.3 Å². The Morgan fingerprint density at radius 1 is 0.654 bits per heavy atom. The summed E-state index contributed by atoms with van der Waals surface area (Å²) in [5.41, 5.74) is -2.54. The fraction of sp³-hybridized carbons (Fsp3) is 0.440. The Morgan fingerprint density at radius 3 is 1.35 bits per heavy atom. The van der Waals surface area contributed by atoms with E-state index in [1.165, 1.54) is 71.0 Å². The van der Waals surface area contributed by atoms with Crippen molar-refractivity contribution in [2.45, 2.75) is 111 Å². The summed E-state index contributed by atoms with van der Waals surface area (Å²) in [5.74, 6) is -11.2. The smallest absolute Gasteiger partial charge is 0.338 e. The van der Waals surface area contributed by atoms with Crippen LogP contribution in [0, 0.1) is 11.6 Å². The molecule has 0 amide bonds. The Labute approximate surface area is 458 Å². The molecule has 416 valence electrons. The van der Waals surface area contributed by atoms with Crippen LogP contribution < -0.4 is 10.6 Å². The molecule has 2 aromatic heterocycles. The van der Waals surface area contributed by atoms with Gasteiger partial charge in [-0.15, -0.1) is 22.7 Å². The first-order valence-corrected chi connectivity index (χ1v) is 26.5. The van der Waals surface area contributed by atoms with Gasteiger partial charge in [-0.2, -0.15) is 0 Å². The molecule has 4 unspecified atom stereocenters. The minimum atomic E-state index is -3.19. The summed E-state index contributed by atoms with van der Waals surface area (Å²) >= 11 is 15.2. The largest absolute Gasteiger partial charge is 0.481 e. The Balaban J connectivity index is 0.000000190. The number of methoxy groups -OCH3 is 2. The number of aliphatic hydroxyl groups is 2. The number of rotatable bonds is 14. The van der Waals surface area contributed by atoms with Gasteiger partial charge in [-0.05, 0) is 49.9 Å². The van der Waals surface area contributed by atoms with Crippen LogP contribution in [0.3, 0.4) is 0 Å². The second kappa shape index (κ2) is 21.9. The second-order valence-corrected chi connectivity index (χ2v) is 22.4. The van der Waals surface area contributed by atoms with Crippen LogP contribution in [0.15, 0.2) is 92.1 Å². The molecule has 6 aliphatic heterocycles. The second-order valence-electron chi connectivity index (χ2n) is 19.8. The summed E-state index contributed by atoms with van der Waals surface area (Å²) in [6.45, 7) is -0.365. The molecule has 4 fully saturated rings. The van der Waals surface area contributed by atoms with Crippen molar-refractivity contribution in [3.8, 4) is 0 Å². The third kappa shape index (κ3) is 11.5. The average Bonchev–Trinajstić information content (AvgIpc) is 4.35. The Morgan fingerprint density at radius 2 is 1.04 bits per heavy atom. The maximum atomic E-state index is 15.1. The van der Waals surface area contributed by atoms with E-state index in [1.54, 1.807) is 23.2 Å². The number of aliphatic carboxylic acids is 2. The number of carbonyl (C=O) groups excluding carboxylic acids is 2. The zero-order valence-electron chi connectivity index (χ0n) is 41.1. The highest BCUT2D eigenvalue weighted by Gasteiger charge is 2.63. The molecule has 4 bridgehead atoms. The number of ether oxygens (including phenoxy) is 2. The number of carboxylic acid groups (broad SMARTS) is 2. The molecule has 0 aliphatic carbocycles. The molecule has 28 heteroatoms. The van der Waals surface area contributed by atoms with Crippen molar-refractivity contribution in [1.29, 1.82) is 0 Å². The molecule has 0 spiro atoms. The Kier molecular flexibility index (Phi) is 15.9. The van der Waals surface area contributed by atoms with E-state index in [4.69, 9.17) is 32.7 Å². The number of benzene rings is 2. The molecule has 2 aromatic carbocycles. The number of aliphatic imine (C=N–C) groups is 2. The van der Waals surface area contributed by atoms with Crippen molar-refractivity contribution in [3.05, 3.63) is 125 Å². The predicted octanol–water partition coefficient (Wildman–Crippen LogP) is 7.06. The number of aromatic nitrogens is 2. The van der Waals surface area contributed by atoms with Gasteiger partial charge < -0.3 is 40.5 Å².